The zero-order chi connectivity index (χ0) is 41.2. The molecule has 0 atom stereocenters. The Balaban J connectivity index is 0.950. The van der Waals surface area contributed by atoms with Crippen molar-refractivity contribution in [1.29, 1.82) is 0 Å². The highest BCUT2D eigenvalue weighted by Gasteiger charge is 2.19. The molecule has 11 aromatic rings. The van der Waals surface area contributed by atoms with Gasteiger partial charge >= 0.3 is 0 Å². The first-order chi connectivity index (χ1) is 30.8. The van der Waals surface area contributed by atoms with E-state index < -0.39 is 0 Å². The summed E-state index contributed by atoms with van der Waals surface area (Å²) in [6, 6.07) is 91.9. The molecule has 0 saturated heterocycles. The molecule has 0 fully saturated rings. The summed E-state index contributed by atoms with van der Waals surface area (Å²) < 4.78 is 2.41. The van der Waals surface area contributed by atoms with E-state index in [1.807, 2.05) is 0 Å². The molecule has 0 radical (unpaired) electrons. The largest absolute Gasteiger partial charge is 0.310 e. The highest BCUT2D eigenvalue weighted by molar-refractivity contribution is 6.09. The van der Waals surface area contributed by atoms with Gasteiger partial charge in [0.2, 0.25) is 0 Å². The van der Waals surface area contributed by atoms with Gasteiger partial charge < -0.3 is 9.47 Å². The Morgan fingerprint density at radius 3 is 1.16 bits per heavy atom. The van der Waals surface area contributed by atoms with Gasteiger partial charge in [0.05, 0.1) is 22.4 Å². The molecule has 11 rings (SSSR count). The molecule has 0 saturated carbocycles. The number of benzene rings is 10. The second-order valence-corrected chi connectivity index (χ2v) is 15.7. The van der Waals surface area contributed by atoms with Crippen LogP contribution in [0.5, 0.6) is 0 Å². The average molecular weight is 791 g/mol. The van der Waals surface area contributed by atoms with Crippen molar-refractivity contribution in [1.82, 2.24) is 4.57 Å². The van der Waals surface area contributed by atoms with Crippen LogP contribution in [0.4, 0.5) is 17.1 Å². The zero-order valence-electron chi connectivity index (χ0n) is 34.1. The quantitative estimate of drug-likeness (QED) is 0.141. The standard InChI is InChI=1S/C60H42N2/c1-3-17-45(18-4-1)51-21-7-8-22-52(51)47-37-41-50(42-38-47)61(57-27-13-9-23-53(57)46-19-5-2-6-20-46)49-39-35-44(36-40-49)43-31-33-48(34-32-43)54-24-10-14-28-58(54)62-59-29-15-11-25-55(59)56-26-12-16-30-60(56)62/h1-42H. The van der Waals surface area contributed by atoms with E-state index in [9.17, 15) is 0 Å². The van der Waals surface area contributed by atoms with E-state index >= 15 is 0 Å². The van der Waals surface area contributed by atoms with Crippen molar-refractivity contribution < 1.29 is 0 Å². The molecule has 0 aliphatic carbocycles. The first-order valence-electron chi connectivity index (χ1n) is 21.3. The van der Waals surface area contributed by atoms with E-state index in [2.05, 4.69) is 264 Å². The smallest absolute Gasteiger partial charge is 0.0541 e. The third-order valence-electron chi connectivity index (χ3n) is 12.1. The molecular weight excluding hydrogens is 749 g/mol. The summed E-state index contributed by atoms with van der Waals surface area (Å²) in [6.45, 7) is 0. The van der Waals surface area contributed by atoms with Gasteiger partial charge in [-0.25, -0.2) is 0 Å². The summed E-state index contributed by atoms with van der Waals surface area (Å²) in [6.07, 6.45) is 0. The van der Waals surface area contributed by atoms with Gasteiger partial charge in [0.1, 0.15) is 0 Å². The number of fused-ring (bicyclic) bond motifs is 3. The number of aromatic nitrogens is 1. The number of anilines is 3. The van der Waals surface area contributed by atoms with Crippen LogP contribution in [0.25, 0.3) is 83.1 Å². The van der Waals surface area contributed by atoms with Crippen molar-refractivity contribution in [3.05, 3.63) is 255 Å². The van der Waals surface area contributed by atoms with Crippen LogP contribution in [0, 0.1) is 0 Å². The minimum absolute atomic E-state index is 1.09. The summed E-state index contributed by atoms with van der Waals surface area (Å²) >= 11 is 0. The van der Waals surface area contributed by atoms with Gasteiger partial charge in [0, 0.05) is 33.3 Å². The Hall–Kier alpha value is -8.20. The van der Waals surface area contributed by atoms with Crippen molar-refractivity contribution in [2.24, 2.45) is 0 Å². The van der Waals surface area contributed by atoms with Crippen LogP contribution in [0.15, 0.2) is 255 Å². The summed E-state index contributed by atoms with van der Waals surface area (Å²) in [4.78, 5) is 2.38. The molecule has 0 N–H and O–H groups in total. The van der Waals surface area contributed by atoms with Gasteiger partial charge in [-0.05, 0) is 93.0 Å². The van der Waals surface area contributed by atoms with Gasteiger partial charge in [0.25, 0.3) is 0 Å². The second-order valence-electron chi connectivity index (χ2n) is 15.7. The number of nitrogens with zero attached hydrogens (tertiary/aromatic N) is 2. The van der Waals surface area contributed by atoms with E-state index in [-0.39, 0.29) is 0 Å². The molecule has 2 heteroatoms. The molecular formula is C60H42N2. The van der Waals surface area contributed by atoms with Gasteiger partial charge in [-0.15, -0.1) is 0 Å². The van der Waals surface area contributed by atoms with Crippen LogP contribution < -0.4 is 4.90 Å². The van der Waals surface area contributed by atoms with Gasteiger partial charge in [-0.2, -0.15) is 0 Å². The van der Waals surface area contributed by atoms with Crippen molar-refractivity contribution >= 4 is 38.9 Å². The van der Waals surface area contributed by atoms with Crippen LogP contribution in [0.2, 0.25) is 0 Å². The van der Waals surface area contributed by atoms with Crippen molar-refractivity contribution in [3.8, 4) is 61.3 Å². The number of hydrogen-bond donors (Lipinski definition) is 0. The van der Waals surface area contributed by atoms with Crippen LogP contribution in [-0.4, -0.2) is 4.57 Å². The lowest BCUT2D eigenvalue weighted by atomic mass is 9.94. The van der Waals surface area contributed by atoms with E-state index in [1.54, 1.807) is 0 Å². The SMILES string of the molecule is c1ccc(-c2ccccc2-c2ccc(N(c3ccc(-c4ccc(-c5ccccc5-n5c6ccccc6c6ccccc65)cc4)cc3)c3ccccc3-c3ccccc3)cc2)cc1. The molecule has 1 aromatic heterocycles. The Morgan fingerprint density at radius 1 is 0.242 bits per heavy atom. The van der Waals surface area contributed by atoms with E-state index in [0.29, 0.717) is 0 Å². The lowest BCUT2D eigenvalue weighted by Crippen LogP contribution is -2.11. The number of rotatable bonds is 9. The lowest BCUT2D eigenvalue weighted by Gasteiger charge is -2.28. The Morgan fingerprint density at radius 2 is 0.597 bits per heavy atom. The topological polar surface area (TPSA) is 8.17 Å². The molecule has 292 valence electrons. The second kappa shape index (κ2) is 16.1. The predicted octanol–water partition coefficient (Wildman–Crippen LogP) is 16.6. The van der Waals surface area contributed by atoms with Gasteiger partial charge in [-0.1, -0.05) is 206 Å². The molecule has 0 spiro atoms. The molecule has 2 nitrogen and oxygen atoms in total. The molecule has 0 aliphatic rings. The molecule has 0 unspecified atom stereocenters. The lowest BCUT2D eigenvalue weighted by molar-refractivity contribution is 1.18. The minimum atomic E-state index is 1.09. The normalized spacial score (nSPS) is 11.2. The summed E-state index contributed by atoms with van der Waals surface area (Å²) in [5.41, 5.74) is 18.8. The maximum Gasteiger partial charge on any atom is 0.0541 e. The summed E-state index contributed by atoms with van der Waals surface area (Å²) in [5, 5.41) is 2.53. The minimum Gasteiger partial charge on any atom is -0.310 e. The predicted molar refractivity (Wildman–Crippen MR) is 263 cm³/mol. The van der Waals surface area contributed by atoms with Crippen LogP contribution in [0.3, 0.4) is 0 Å². The molecule has 0 amide bonds. The highest BCUT2D eigenvalue weighted by atomic mass is 15.1. The average Bonchev–Trinajstić information content (AvgIpc) is 3.69. The summed E-state index contributed by atoms with van der Waals surface area (Å²) in [5.74, 6) is 0. The van der Waals surface area contributed by atoms with E-state index in [1.165, 1.54) is 83.1 Å². The van der Waals surface area contributed by atoms with Crippen LogP contribution in [0.1, 0.15) is 0 Å². The monoisotopic (exact) mass is 790 g/mol. The summed E-state index contributed by atoms with van der Waals surface area (Å²) in [7, 11) is 0. The Kier molecular flexibility index (Phi) is 9.57. The zero-order valence-corrected chi connectivity index (χ0v) is 34.1. The van der Waals surface area contributed by atoms with Crippen LogP contribution in [-0.2, 0) is 0 Å². The first-order valence-corrected chi connectivity index (χ1v) is 21.3. The maximum atomic E-state index is 2.41. The molecule has 0 bridgehead atoms. The fourth-order valence-electron chi connectivity index (χ4n) is 9.09. The van der Waals surface area contributed by atoms with Gasteiger partial charge in [-0.3, -0.25) is 0 Å². The van der Waals surface area contributed by atoms with E-state index in [4.69, 9.17) is 0 Å². The molecule has 62 heavy (non-hydrogen) atoms. The van der Waals surface area contributed by atoms with Crippen molar-refractivity contribution in [2.45, 2.75) is 0 Å². The highest BCUT2D eigenvalue weighted by Crippen LogP contribution is 2.43. The Labute approximate surface area is 362 Å². The number of para-hydroxylation sites is 4. The molecule has 1 heterocycles. The molecule has 0 aliphatic heterocycles. The molecule has 10 aromatic carbocycles. The first kappa shape index (κ1) is 36.8. The van der Waals surface area contributed by atoms with Crippen molar-refractivity contribution in [3.63, 3.8) is 0 Å². The van der Waals surface area contributed by atoms with Crippen molar-refractivity contribution in [2.75, 3.05) is 4.90 Å². The maximum absolute atomic E-state index is 2.41. The Bertz CT molecular complexity index is 3260. The van der Waals surface area contributed by atoms with Crippen LogP contribution >= 0.6 is 0 Å². The number of hydrogen-bond acceptors (Lipinski definition) is 1. The van der Waals surface area contributed by atoms with E-state index in [0.717, 1.165) is 17.1 Å². The fraction of sp³-hybridized carbons (Fsp3) is 0. The van der Waals surface area contributed by atoms with Gasteiger partial charge in [0.15, 0.2) is 0 Å². The fourth-order valence-corrected chi connectivity index (χ4v) is 9.09. The third kappa shape index (κ3) is 6.74. The third-order valence-corrected chi connectivity index (χ3v) is 12.1.